The lowest BCUT2D eigenvalue weighted by molar-refractivity contribution is 0.0920. The summed E-state index contributed by atoms with van der Waals surface area (Å²) in [5.41, 5.74) is 2.80. The molecule has 2 rings (SSSR count). The number of aryl methyl sites for hydroxylation is 2. The number of rotatable bonds is 4. The van der Waals surface area contributed by atoms with Gasteiger partial charge in [0.15, 0.2) is 12.4 Å². The molecule has 0 unspecified atom stereocenters. The quantitative estimate of drug-likeness (QED) is 0.725. The summed E-state index contributed by atoms with van der Waals surface area (Å²) >= 11 is 9.22. The lowest BCUT2D eigenvalue weighted by Crippen LogP contribution is -2.13. The van der Waals surface area contributed by atoms with E-state index in [4.69, 9.17) is 16.3 Å². The Morgan fingerprint density at radius 1 is 1.20 bits per heavy atom. The van der Waals surface area contributed by atoms with Crippen molar-refractivity contribution in [3.63, 3.8) is 0 Å². The lowest BCUT2D eigenvalue weighted by Gasteiger charge is -2.09. The van der Waals surface area contributed by atoms with Gasteiger partial charge in [-0.3, -0.25) is 4.79 Å². The number of hydrogen-bond donors (Lipinski definition) is 0. The minimum atomic E-state index is -0.0376. The van der Waals surface area contributed by atoms with Gasteiger partial charge < -0.3 is 4.74 Å². The van der Waals surface area contributed by atoms with Crippen LogP contribution in [0.15, 0.2) is 40.9 Å². The van der Waals surface area contributed by atoms with Gasteiger partial charge in [0.05, 0.1) is 4.47 Å². The van der Waals surface area contributed by atoms with Gasteiger partial charge in [-0.2, -0.15) is 0 Å². The minimum Gasteiger partial charge on any atom is -0.484 e. The molecule has 0 aliphatic carbocycles. The highest BCUT2D eigenvalue weighted by atomic mass is 79.9. The zero-order chi connectivity index (χ0) is 14.7. The van der Waals surface area contributed by atoms with Gasteiger partial charge in [0.25, 0.3) is 0 Å². The maximum atomic E-state index is 12.2. The van der Waals surface area contributed by atoms with Crippen LogP contribution in [0.25, 0.3) is 0 Å². The summed E-state index contributed by atoms with van der Waals surface area (Å²) < 4.78 is 6.27. The Kier molecular flexibility index (Phi) is 4.84. The Hall–Kier alpha value is -1.32. The fraction of sp³-hybridized carbons (Fsp3) is 0.188. The van der Waals surface area contributed by atoms with E-state index in [0.29, 0.717) is 16.3 Å². The molecule has 0 aliphatic heterocycles. The molecule has 2 aromatic rings. The van der Waals surface area contributed by atoms with Crippen molar-refractivity contribution in [3.8, 4) is 5.75 Å². The molecule has 0 atom stereocenters. The zero-order valence-electron chi connectivity index (χ0n) is 11.2. The molecule has 0 saturated heterocycles. The van der Waals surface area contributed by atoms with Crippen molar-refractivity contribution < 1.29 is 9.53 Å². The molecule has 0 amide bonds. The second kappa shape index (κ2) is 6.42. The summed E-state index contributed by atoms with van der Waals surface area (Å²) in [5.74, 6) is 0.567. The standard InChI is InChI=1S/C16H14BrClO2/c1-10-3-5-13(11(2)7-10)15(19)9-20-16-6-4-12(18)8-14(16)17/h3-8H,9H2,1-2H3. The number of ketones is 1. The van der Waals surface area contributed by atoms with Gasteiger partial charge in [-0.05, 0) is 53.5 Å². The van der Waals surface area contributed by atoms with Gasteiger partial charge in [-0.25, -0.2) is 0 Å². The predicted molar refractivity (Wildman–Crippen MR) is 84.9 cm³/mol. The first kappa shape index (κ1) is 15.1. The number of Topliss-reactive ketones (excluding diaryl/α,β-unsaturated/α-hetero) is 1. The topological polar surface area (TPSA) is 26.3 Å². The molecule has 4 heteroatoms. The van der Waals surface area contributed by atoms with Crippen LogP contribution in [-0.4, -0.2) is 12.4 Å². The molecule has 0 saturated carbocycles. The third kappa shape index (κ3) is 3.62. The van der Waals surface area contributed by atoms with E-state index in [1.165, 1.54) is 0 Å². The highest BCUT2D eigenvalue weighted by molar-refractivity contribution is 9.10. The molecule has 2 aromatic carbocycles. The summed E-state index contributed by atoms with van der Waals surface area (Å²) in [6, 6.07) is 11.0. The van der Waals surface area contributed by atoms with E-state index < -0.39 is 0 Å². The van der Waals surface area contributed by atoms with Crippen LogP contribution in [0.3, 0.4) is 0 Å². The van der Waals surface area contributed by atoms with Crippen molar-refractivity contribution in [1.29, 1.82) is 0 Å². The zero-order valence-corrected chi connectivity index (χ0v) is 13.6. The average molecular weight is 354 g/mol. The van der Waals surface area contributed by atoms with Crippen molar-refractivity contribution in [3.05, 3.63) is 62.6 Å². The molecule has 0 N–H and O–H groups in total. The van der Waals surface area contributed by atoms with Crippen LogP contribution in [0, 0.1) is 13.8 Å². The molecular weight excluding hydrogens is 340 g/mol. The van der Waals surface area contributed by atoms with E-state index in [1.54, 1.807) is 18.2 Å². The highest BCUT2D eigenvalue weighted by Gasteiger charge is 2.11. The molecule has 2 nitrogen and oxygen atoms in total. The molecule has 0 aliphatic rings. The third-order valence-corrected chi connectivity index (χ3v) is 3.79. The predicted octanol–water partition coefficient (Wildman–Crippen LogP) is 4.98. The van der Waals surface area contributed by atoms with Crippen molar-refractivity contribution in [2.45, 2.75) is 13.8 Å². The minimum absolute atomic E-state index is 0.00410. The van der Waals surface area contributed by atoms with E-state index in [1.807, 2.05) is 32.0 Å². The van der Waals surface area contributed by atoms with Gasteiger partial charge in [0, 0.05) is 10.6 Å². The van der Waals surface area contributed by atoms with Crippen LogP contribution in [0.5, 0.6) is 5.75 Å². The molecule has 0 heterocycles. The molecule has 0 radical (unpaired) electrons. The van der Waals surface area contributed by atoms with E-state index in [9.17, 15) is 4.79 Å². The van der Waals surface area contributed by atoms with Gasteiger partial charge in [0.2, 0.25) is 0 Å². The van der Waals surface area contributed by atoms with E-state index in [-0.39, 0.29) is 12.4 Å². The monoisotopic (exact) mass is 352 g/mol. The molecule has 0 bridgehead atoms. The fourth-order valence-electron chi connectivity index (χ4n) is 1.94. The molecule has 0 fully saturated rings. The SMILES string of the molecule is Cc1ccc(C(=O)COc2ccc(Cl)cc2Br)c(C)c1. The van der Waals surface area contributed by atoms with Crippen molar-refractivity contribution in [2.24, 2.45) is 0 Å². The van der Waals surface area contributed by atoms with Gasteiger partial charge >= 0.3 is 0 Å². The number of halogens is 2. The third-order valence-electron chi connectivity index (χ3n) is 2.94. The Balaban J connectivity index is 2.08. The number of carbonyl (C=O) groups is 1. The number of benzene rings is 2. The van der Waals surface area contributed by atoms with Crippen LogP contribution in [0.2, 0.25) is 5.02 Å². The Bertz CT molecular complexity index is 653. The number of hydrogen-bond acceptors (Lipinski definition) is 2. The summed E-state index contributed by atoms with van der Waals surface area (Å²) in [5, 5.41) is 0.616. The normalized spacial score (nSPS) is 10.4. The first-order valence-electron chi connectivity index (χ1n) is 6.15. The number of ether oxygens (including phenoxy) is 1. The van der Waals surface area contributed by atoms with Crippen molar-refractivity contribution in [2.75, 3.05) is 6.61 Å². The molecule has 20 heavy (non-hydrogen) atoms. The molecule has 0 aromatic heterocycles. The fourth-order valence-corrected chi connectivity index (χ4v) is 2.74. The molecular formula is C16H14BrClO2. The van der Waals surface area contributed by atoms with Crippen molar-refractivity contribution in [1.82, 2.24) is 0 Å². The largest absolute Gasteiger partial charge is 0.484 e. The molecule has 104 valence electrons. The van der Waals surface area contributed by atoms with E-state index in [2.05, 4.69) is 15.9 Å². The summed E-state index contributed by atoms with van der Waals surface area (Å²) in [7, 11) is 0. The second-order valence-corrected chi connectivity index (χ2v) is 5.90. The van der Waals surface area contributed by atoms with Crippen molar-refractivity contribution >= 4 is 33.3 Å². The van der Waals surface area contributed by atoms with Crippen LogP contribution < -0.4 is 4.74 Å². The maximum Gasteiger partial charge on any atom is 0.200 e. The van der Waals surface area contributed by atoms with E-state index >= 15 is 0 Å². The second-order valence-electron chi connectivity index (χ2n) is 4.60. The van der Waals surface area contributed by atoms with Gasteiger partial charge in [-0.1, -0.05) is 35.4 Å². The first-order valence-corrected chi connectivity index (χ1v) is 7.33. The van der Waals surface area contributed by atoms with Gasteiger partial charge in [-0.15, -0.1) is 0 Å². The highest BCUT2D eigenvalue weighted by Crippen LogP contribution is 2.28. The van der Waals surface area contributed by atoms with Gasteiger partial charge in [0.1, 0.15) is 5.75 Å². The van der Waals surface area contributed by atoms with Crippen LogP contribution in [0.4, 0.5) is 0 Å². The summed E-state index contributed by atoms with van der Waals surface area (Å²) in [6.07, 6.45) is 0. The van der Waals surface area contributed by atoms with Crippen LogP contribution >= 0.6 is 27.5 Å². The summed E-state index contributed by atoms with van der Waals surface area (Å²) in [4.78, 5) is 12.2. The Morgan fingerprint density at radius 3 is 2.60 bits per heavy atom. The van der Waals surface area contributed by atoms with E-state index in [0.717, 1.165) is 15.6 Å². The van der Waals surface area contributed by atoms with Crippen LogP contribution in [0.1, 0.15) is 21.5 Å². The Morgan fingerprint density at radius 2 is 1.95 bits per heavy atom. The first-order chi connectivity index (χ1) is 9.47. The smallest absolute Gasteiger partial charge is 0.200 e. The lowest BCUT2D eigenvalue weighted by atomic mass is 10.0. The Labute approximate surface area is 131 Å². The van der Waals surface area contributed by atoms with Crippen LogP contribution in [-0.2, 0) is 0 Å². The molecule has 0 spiro atoms. The average Bonchev–Trinajstić information content (AvgIpc) is 2.37. The summed E-state index contributed by atoms with van der Waals surface area (Å²) in [6.45, 7) is 3.94. The maximum absolute atomic E-state index is 12.2. The number of carbonyl (C=O) groups excluding carboxylic acids is 1.